The number of rotatable bonds is 12. The zero-order valence-electron chi connectivity index (χ0n) is 22.4. The van der Waals surface area contributed by atoms with Gasteiger partial charge in [0.15, 0.2) is 11.5 Å². The molecular weight excluding hydrogens is 615 g/mol. The van der Waals surface area contributed by atoms with E-state index < -0.39 is 18.2 Å². The first-order valence-electron chi connectivity index (χ1n) is 13.5. The molecule has 2 amide bonds. The highest BCUT2D eigenvalue weighted by Gasteiger charge is 2.43. The van der Waals surface area contributed by atoms with Crippen LogP contribution >= 0.6 is 22.6 Å². The van der Waals surface area contributed by atoms with Crippen molar-refractivity contribution in [1.29, 1.82) is 0 Å². The van der Waals surface area contributed by atoms with Crippen molar-refractivity contribution in [2.45, 2.75) is 82.1 Å². The molecule has 2 aliphatic rings. The molecule has 1 aromatic rings. The summed E-state index contributed by atoms with van der Waals surface area (Å²) in [6.07, 6.45) is 8.72. The highest BCUT2D eigenvalue weighted by Crippen LogP contribution is 2.38. The van der Waals surface area contributed by atoms with Crippen LogP contribution in [0.25, 0.3) is 0 Å². The largest absolute Gasteiger partial charge is 0.493 e. The SMILES string of the molecule is C=CCCC(=O)N(C1CCCCCC1)[C@@H]1CC(C(=O)NCCO)=C[C@H](Oc2c(I)cc(C=O)cc2OC)[C@H]1O. The van der Waals surface area contributed by atoms with Gasteiger partial charge in [-0.05, 0) is 60.1 Å². The van der Waals surface area contributed by atoms with Crippen LogP contribution in [-0.2, 0) is 9.59 Å². The third kappa shape index (κ3) is 8.04. The number of carbonyl (C=O) groups is 3. The molecule has 9 nitrogen and oxygen atoms in total. The number of aliphatic hydroxyl groups excluding tert-OH is 2. The van der Waals surface area contributed by atoms with Crippen LogP contribution in [0.1, 0.15) is 68.1 Å². The predicted octanol–water partition coefficient (Wildman–Crippen LogP) is 3.55. The molecule has 0 aliphatic heterocycles. The molecule has 39 heavy (non-hydrogen) atoms. The van der Waals surface area contributed by atoms with Crippen molar-refractivity contribution in [3.8, 4) is 11.5 Å². The summed E-state index contributed by atoms with van der Waals surface area (Å²) in [5.74, 6) is 0.190. The maximum Gasteiger partial charge on any atom is 0.247 e. The van der Waals surface area contributed by atoms with Crippen LogP contribution in [0.2, 0.25) is 0 Å². The van der Waals surface area contributed by atoms with Gasteiger partial charge in [0.25, 0.3) is 0 Å². The summed E-state index contributed by atoms with van der Waals surface area (Å²) in [6.45, 7) is 3.62. The molecule has 1 fully saturated rings. The van der Waals surface area contributed by atoms with E-state index in [-0.39, 0.29) is 43.8 Å². The Balaban J connectivity index is 2.03. The maximum absolute atomic E-state index is 13.6. The highest BCUT2D eigenvalue weighted by molar-refractivity contribution is 14.1. The molecule has 3 atom stereocenters. The lowest BCUT2D eigenvalue weighted by molar-refractivity contribution is -0.142. The van der Waals surface area contributed by atoms with Crippen LogP contribution in [0.4, 0.5) is 0 Å². The molecular formula is C29H39IN2O7. The van der Waals surface area contributed by atoms with E-state index in [4.69, 9.17) is 9.47 Å². The van der Waals surface area contributed by atoms with Crippen molar-refractivity contribution >= 4 is 40.7 Å². The molecule has 0 radical (unpaired) electrons. The summed E-state index contributed by atoms with van der Waals surface area (Å²) >= 11 is 2.04. The Hall–Kier alpha value is -2.44. The van der Waals surface area contributed by atoms with E-state index in [9.17, 15) is 24.6 Å². The number of hydrogen-bond donors (Lipinski definition) is 3. The van der Waals surface area contributed by atoms with E-state index in [0.717, 1.165) is 38.5 Å². The van der Waals surface area contributed by atoms with E-state index in [0.29, 0.717) is 38.9 Å². The number of allylic oxidation sites excluding steroid dienone is 1. The third-order valence-corrected chi connectivity index (χ3v) is 8.08. The molecule has 0 unspecified atom stereocenters. The lowest BCUT2D eigenvalue weighted by atomic mass is 9.86. The molecule has 10 heteroatoms. The second-order valence-corrected chi connectivity index (χ2v) is 11.1. The molecule has 0 aromatic heterocycles. The second kappa shape index (κ2) is 15.4. The van der Waals surface area contributed by atoms with Gasteiger partial charge in [-0.25, -0.2) is 0 Å². The van der Waals surface area contributed by atoms with Gasteiger partial charge in [-0.1, -0.05) is 31.8 Å². The Morgan fingerprint density at radius 3 is 2.56 bits per heavy atom. The highest BCUT2D eigenvalue weighted by atomic mass is 127. The Bertz CT molecular complexity index is 1050. The van der Waals surface area contributed by atoms with Gasteiger partial charge in [-0.2, -0.15) is 0 Å². The van der Waals surface area contributed by atoms with E-state index in [1.54, 1.807) is 29.2 Å². The minimum absolute atomic E-state index is 0.0495. The summed E-state index contributed by atoms with van der Waals surface area (Å²) in [4.78, 5) is 39.8. The van der Waals surface area contributed by atoms with Crippen LogP contribution in [0.15, 0.2) is 36.4 Å². The molecule has 2 aliphatic carbocycles. The van der Waals surface area contributed by atoms with E-state index in [1.807, 2.05) is 22.6 Å². The molecule has 0 saturated heterocycles. The van der Waals surface area contributed by atoms with Crippen molar-refractivity contribution in [1.82, 2.24) is 10.2 Å². The Morgan fingerprint density at radius 1 is 1.23 bits per heavy atom. The van der Waals surface area contributed by atoms with Crippen molar-refractivity contribution in [3.63, 3.8) is 0 Å². The molecule has 0 heterocycles. The second-order valence-electron chi connectivity index (χ2n) is 9.94. The first-order valence-corrected chi connectivity index (χ1v) is 14.6. The van der Waals surface area contributed by atoms with Crippen LogP contribution in [-0.4, -0.2) is 77.8 Å². The zero-order valence-corrected chi connectivity index (χ0v) is 24.6. The van der Waals surface area contributed by atoms with Crippen molar-refractivity contribution < 1.29 is 34.1 Å². The predicted molar refractivity (Wildman–Crippen MR) is 156 cm³/mol. The lowest BCUT2D eigenvalue weighted by Crippen LogP contribution is -2.58. The maximum atomic E-state index is 13.6. The van der Waals surface area contributed by atoms with Gasteiger partial charge in [0.05, 0.1) is 23.3 Å². The van der Waals surface area contributed by atoms with Crippen molar-refractivity contribution in [3.05, 3.63) is 45.6 Å². The van der Waals surface area contributed by atoms with E-state index in [2.05, 4.69) is 11.9 Å². The molecule has 0 spiro atoms. The van der Waals surface area contributed by atoms with E-state index in [1.165, 1.54) is 7.11 Å². The number of methoxy groups -OCH3 is 1. The number of aliphatic hydroxyl groups is 2. The fourth-order valence-electron chi connectivity index (χ4n) is 5.36. The molecule has 3 N–H and O–H groups in total. The molecule has 1 aromatic carbocycles. The molecule has 3 rings (SSSR count). The summed E-state index contributed by atoms with van der Waals surface area (Å²) in [5.41, 5.74) is 0.787. The monoisotopic (exact) mass is 654 g/mol. The normalized spacial score (nSPS) is 21.7. The van der Waals surface area contributed by atoms with Gasteiger partial charge in [0, 0.05) is 36.6 Å². The fourth-order valence-corrected chi connectivity index (χ4v) is 6.11. The van der Waals surface area contributed by atoms with Gasteiger partial charge in [-0.3, -0.25) is 14.4 Å². The van der Waals surface area contributed by atoms with Crippen LogP contribution < -0.4 is 14.8 Å². The van der Waals surface area contributed by atoms with Crippen LogP contribution in [0, 0.1) is 3.57 Å². The zero-order chi connectivity index (χ0) is 28.4. The molecule has 0 bridgehead atoms. The Morgan fingerprint density at radius 2 is 1.95 bits per heavy atom. The topological polar surface area (TPSA) is 125 Å². The summed E-state index contributed by atoms with van der Waals surface area (Å²) < 4.78 is 12.4. The summed E-state index contributed by atoms with van der Waals surface area (Å²) in [7, 11) is 1.46. The first kappa shape index (κ1) is 31.1. The number of amides is 2. The quantitative estimate of drug-likeness (QED) is 0.136. The minimum atomic E-state index is -1.12. The number of halogens is 1. The third-order valence-electron chi connectivity index (χ3n) is 7.28. The lowest BCUT2D eigenvalue weighted by Gasteiger charge is -2.44. The number of carbonyl (C=O) groups excluding carboxylic acids is 3. The van der Waals surface area contributed by atoms with Gasteiger partial charge in [0.2, 0.25) is 11.8 Å². The van der Waals surface area contributed by atoms with E-state index >= 15 is 0 Å². The van der Waals surface area contributed by atoms with Crippen LogP contribution in [0.5, 0.6) is 11.5 Å². The van der Waals surface area contributed by atoms with Gasteiger partial charge in [0.1, 0.15) is 18.5 Å². The average Bonchev–Trinajstić information content (AvgIpc) is 3.22. The summed E-state index contributed by atoms with van der Waals surface area (Å²) in [5, 5.41) is 23.6. The van der Waals surface area contributed by atoms with Gasteiger partial charge < -0.3 is 29.9 Å². The Kier molecular flexibility index (Phi) is 12.3. The smallest absolute Gasteiger partial charge is 0.247 e. The summed E-state index contributed by atoms with van der Waals surface area (Å²) in [6, 6.07) is 2.46. The number of benzene rings is 1. The number of aldehydes is 1. The average molecular weight is 655 g/mol. The number of hydrogen-bond acceptors (Lipinski definition) is 7. The first-order chi connectivity index (χ1) is 18.8. The Labute approximate surface area is 243 Å². The van der Waals surface area contributed by atoms with Crippen molar-refractivity contribution in [2.24, 2.45) is 0 Å². The minimum Gasteiger partial charge on any atom is -0.493 e. The number of nitrogens with zero attached hydrogens (tertiary/aromatic N) is 1. The fraction of sp³-hybridized carbons (Fsp3) is 0.552. The van der Waals surface area contributed by atoms with Gasteiger partial charge in [-0.15, -0.1) is 6.58 Å². The van der Waals surface area contributed by atoms with Crippen molar-refractivity contribution in [2.75, 3.05) is 20.3 Å². The standard InChI is InChI=1S/C29H39IN2O7/c1-3-4-11-26(35)32(21-9-7-5-6-8-10-21)23-16-20(29(37)31-12-13-33)17-24(27(23)36)39-28-22(30)14-19(18-34)15-25(28)38-2/h3,14-15,17-18,21,23-24,27,33,36H,1,4-13,16H2,2H3,(H,31,37)/t23-,24+,27+/m1/s1. The molecule has 214 valence electrons. The van der Waals surface area contributed by atoms with Crippen LogP contribution in [0.3, 0.4) is 0 Å². The number of ether oxygens (including phenoxy) is 2. The number of nitrogens with one attached hydrogen (secondary N) is 1. The molecule has 1 saturated carbocycles. The van der Waals surface area contributed by atoms with Gasteiger partial charge >= 0.3 is 0 Å².